The summed E-state index contributed by atoms with van der Waals surface area (Å²) in [5.74, 6) is 0.185. The van der Waals surface area contributed by atoms with Crippen LogP contribution in [-0.2, 0) is 4.79 Å². The number of aryl methyl sites for hydroxylation is 2. The van der Waals surface area contributed by atoms with E-state index >= 15 is 0 Å². The van der Waals surface area contributed by atoms with Gasteiger partial charge in [0, 0.05) is 10.6 Å². The molecule has 5 heteroatoms. The Morgan fingerprint density at radius 3 is 2.76 bits per heavy atom. The molecule has 2 aromatic rings. The number of nitrogens with two attached hydrogens (primary N) is 1. The van der Waals surface area contributed by atoms with Crippen molar-refractivity contribution >= 4 is 40.6 Å². The van der Waals surface area contributed by atoms with E-state index in [1.54, 1.807) is 6.07 Å². The van der Waals surface area contributed by atoms with Gasteiger partial charge in [-0.25, -0.2) is 0 Å². The van der Waals surface area contributed by atoms with Crippen molar-refractivity contribution in [2.24, 2.45) is 0 Å². The van der Waals surface area contributed by atoms with E-state index in [1.165, 1.54) is 11.8 Å². The lowest BCUT2D eigenvalue weighted by atomic mass is 10.2. The normalized spacial score (nSPS) is 10.4. The zero-order valence-corrected chi connectivity index (χ0v) is 13.5. The van der Waals surface area contributed by atoms with E-state index in [1.807, 2.05) is 44.2 Å². The molecule has 0 aromatic heterocycles. The highest BCUT2D eigenvalue weighted by Gasteiger charge is 2.09. The topological polar surface area (TPSA) is 55.1 Å². The average molecular weight is 321 g/mol. The summed E-state index contributed by atoms with van der Waals surface area (Å²) in [6.07, 6.45) is 0. The number of carbonyl (C=O) groups is 1. The monoisotopic (exact) mass is 320 g/mol. The molecule has 110 valence electrons. The molecule has 0 aliphatic heterocycles. The van der Waals surface area contributed by atoms with Crippen molar-refractivity contribution in [2.45, 2.75) is 18.7 Å². The molecule has 0 atom stereocenters. The molecule has 0 radical (unpaired) electrons. The molecule has 0 aliphatic rings. The lowest BCUT2D eigenvalue weighted by Gasteiger charge is -2.09. The third-order valence-electron chi connectivity index (χ3n) is 3.04. The van der Waals surface area contributed by atoms with Crippen LogP contribution in [0.4, 0.5) is 11.4 Å². The van der Waals surface area contributed by atoms with Crippen molar-refractivity contribution in [2.75, 3.05) is 16.8 Å². The first-order valence-electron chi connectivity index (χ1n) is 6.51. The first kappa shape index (κ1) is 15.7. The molecular weight excluding hydrogens is 304 g/mol. The number of amides is 1. The maximum absolute atomic E-state index is 12.0. The largest absolute Gasteiger partial charge is 0.398 e. The predicted octanol–water partition coefficient (Wildman–Crippen LogP) is 4.27. The summed E-state index contributed by atoms with van der Waals surface area (Å²) in [6, 6.07) is 11.3. The summed E-state index contributed by atoms with van der Waals surface area (Å²) in [5, 5.41) is 3.35. The maximum Gasteiger partial charge on any atom is 0.234 e. The third-order valence-corrected chi connectivity index (χ3v) is 4.43. The van der Waals surface area contributed by atoms with Crippen molar-refractivity contribution in [3.8, 4) is 0 Å². The first-order chi connectivity index (χ1) is 9.97. The van der Waals surface area contributed by atoms with Crippen LogP contribution >= 0.6 is 23.4 Å². The van der Waals surface area contributed by atoms with Gasteiger partial charge >= 0.3 is 0 Å². The van der Waals surface area contributed by atoms with E-state index in [0.29, 0.717) is 10.7 Å². The van der Waals surface area contributed by atoms with Gasteiger partial charge in [-0.3, -0.25) is 4.79 Å². The van der Waals surface area contributed by atoms with Crippen LogP contribution in [0.1, 0.15) is 11.1 Å². The third kappa shape index (κ3) is 4.16. The highest BCUT2D eigenvalue weighted by Crippen LogP contribution is 2.28. The number of para-hydroxylation sites is 1. The van der Waals surface area contributed by atoms with E-state index in [2.05, 4.69) is 5.32 Å². The van der Waals surface area contributed by atoms with Gasteiger partial charge in [-0.2, -0.15) is 0 Å². The second-order valence-electron chi connectivity index (χ2n) is 4.81. The molecular formula is C16H17ClN2OS. The number of nitrogens with one attached hydrogen (secondary N) is 1. The second-order valence-corrected chi connectivity index (χ2v) is 6.23. The Labute approximate surface area is 133 Å². The summed E-state index contributed by atoms with van der Waals surface area (Å²) in [6.45, 7) is 3.90. The molecule has 0 spiro atoms. The number of benzene rings is 2. The highest BCUT2D eigenvalue weighted by molar-refractivity contribution is 8.00. The number of hydrogen-bond donors (Lipinski definition) is 2. The molecule has 21 heavy (non-hydrogen) atoms. The smallest absolute Gasteiger partial charge is 0.234 e. The van der Waals surface area contributed by atoms with Crippen molar-refractivity contribution in [3.63, 3.8) is 0 Å². The molecule has 0 unspecified atom stereocenters. The number of nitrogen functional groups attached to an aromatic ring is 1. The van der Waals surface area contributed by atoms with Gasteiger partial charge in [0.2, 0.25) is 5.91 Å². The van der Waals surface area contributed by atoms with E-state index in [0.717, 1.165) is 21.7 Å². The fraction of sp³-hybridized carbons (Fsp3) is 0.188. The Morgan fingerprint density at radius 2 is 2.05 bits per heavy atom. The quantitative estimate of drug-likeness (QED) is 0.653. The minimum atomic E-state index is -0.105. The zero-order chi connectivity index (χ0) is 15.4. The maximum atomic E-state index is 12.0. The van der Waals surface area contributed by atoms with E-state index in [-0.39, 0.29) is 11.7 Å². The van der Waals surface area contributed by atoms with Crippen LogP contribution < -0.4 is 11.1 Å². The average Bonchev–Trinajstić information content (AvgIpc) is 2.43. The molecule has 2 rings (SSSR count). The van der Waals surface area contributed by atoms with Gasteiger partial charge < -0.3 is 11.1 Å². The van der Waals surface area contributed by atoms with E-state index in [4.69, 9.17) is 17.3 Å². The van der Waals surface area contributed by atoms with Crippen LogP contribution in [-0.4, -0.2) is 11.7 Å². The fourth-order valence-electron chi connectivity index (χ4n) is 1.83. The van der Waals surface area contributed by atoms with Crippen molar-refractivity contribution in [3.05, 3.63) is 52.5 Å². The van der Waals surface area contributed by atoms with Gasteiger partial charge in [0.25, 0.3) is 0 Å². The van der Waals surface area contributed by atoms with Crippen molar-refractivity contribution in [1.82, 2.24) is 0 Å². The second kappa shape index (κ2) is 6.87. The molecule has 0 saturated heterocycles. The van der Waals surface area contributed by atoms with Crippen LogP contribution in [0.15, 0.2) is 41.3 Å². The lowest BCUT2D eigenvalue weighted by Crippen LogP contribution is -2.14. The minimum Gasteiger partial charge on any atom is -0.398 e. The molecule has 2 aromatic carbocycles. The first-order valence-corrected chi connectivity index (χ1v) is 7.87. The predicted molar refractivity (Wildman–Crippen MR) is 91.1 cm³/mol. The molecule has 0 bridgehead atoms. The Morgan fingerprint density at radius 1 is 1.29 bits per heavy atom. The number of carbonyl (C=O) groups excluding carboxylic acids is 1. The van der Waals surface area contributed by atoms with Crippen LogP contribution in [0, 0.1) is 13.8 Å². The highest BCUT2D eigenvalue weighted by atomic mass is 35.5. The number of thioether (sulfide) groups is 1. The van der Waals surface area contributed by atoms with E-state index < -0.39 is 0 Å². The summed E-state index contributed by atoms with van der Waals surface area (Å²) in [7, 11) is 0. The molecule has 3 N–H and O–H groups in total. The molecule has 0 aliphatic carbocycles. The van der Waals surface area contributed by atoms with Gasteiger partial charge in [-0.05, 0) is 43.2 Å². The fourth-order valence-corrected chi connectivity index (χ4v) is 2.96. The SMILES string of the molecule is Cc1ccc(NC(=O)CSc2cccc(C)c2N)c(Cl)c1. The summed E-state index contributed by atoms with van der Waals surface area (Å²) in [4.78, 5) is 12.9. The van der Waals surface area contributed by atoms with Gasteiger partial charge in [0.1, 0.15) is 0 Å². The molecule has 0 fully saturated rings. The molecule has 1 amide bonds. The molecule has 0 saturated carbocycles. The number of halogens is 1. The number of rotatable bonds is 4. The van der Waals surface area contributed by atoms with Gasteiger partial charge in [-0.15, -0.1) is 11.8 Å². The van der Waals surface area contributed by atoms with Crippen LogP contribution in [0.25, 0.3) is 0 Å². The van der Waals surface area contributed by atoms with Gasteiger partial charge in [0.15, 0.2) is 0 Å². The summed E-state index contributed by atoms with van der Waals surface area (Å²) < 4.78 is 0. The van der Waals surface area contributed by atoms with Crippen molar-refractivity contribution < 1.29 is 4.79 Å². The Balaban J connectivity index is 1.97. The molecule has 3 nitrogen and oxygen atoms in total. The molecule has 0 heterocycles. The van der Waals surface area contributed by atoms with Gasteiger partial charge in [-0.1, -0.05) is 29.8 Å². The van der Waals surface area contributed by atoms with Crippen LogP contribution in [0.5, 0.6) is 0 Å². The Kier molecular flexibility index (Phi) is 5.15. The Bertz CT molecular complexity index is 673. The number of anilines is 2. The lowest BCUT2D eigenvalue weighted by molar-refractivity contribution is -0.113. The summed E-state index contributed by atoms with van der Waals surface area (Å²) in [5.41, 5.74) is 9.42. The van der Waals surface area contributed by atoms with Gasteiger partial charge in [0.05, 0.1) is 16.5 Å². The number of hydrogen-bond acceptors (Lipinski definition) is 3. The minimum absolute atomic E-state index is 0.105. The summed E-state index contributed by atoms with van der Waals surface area (Å²) >= 11 is 7.51. The van der Waals surface area contributed by atoms with E-state index in [9.17, 15) is 4.79 Å². The zero-order valence-electron chi connectivity index (χ0n) is 11.9. The van der Waals surface area contributed by atoms with Crippen molar-refractivity contribution in [1.29, 1.82) is 0 Å². The Hall–Kier alpha value is -1.65. The van der Waals surface area contributed by atoms with Crippen LogP contribution in [0.3, 0.4) is 0 Å². The van der Waals surface area contributed by atoms with Crippen LogP contribution in [0.2, 0.25) is 5.02 Å². The standard InChI is InChI=1S/C16H17ClN2OS/c1-10-6-7-13(12(17)8-10)19-15(20)9-21-14-5-3-4-11(2)16(14)18/h3-8H,9,18H2,1-2H3,(H,19,20).